The summed E-state index contributed by atoms with van der Waals surface area (Å²) in [4.78, 5) is 1.78. The Morgan fingerprint density at radius 2 is 2.19 bits per heavy atom. The average Bonchev–Trinajstić information content (AvgIpc) is 2.29. The summed E-state index contributed by atoms with van der Waals surface area (Å²) in [5.74, 6) is 0.646. The average molecular weight is 227 g/mol. The first-order valence-corrected chi connectivity index (χ1v) is 4.99. The molecule has 2 N–H and O–H groups in total. The normalized spacial score (nSPS) is 12.5. The van der Waals surface area contributed by atoms with Crippen LogP contribution in [-0.4, -0.2) is 53.8 Å². The maximum atomic E-state index is 9.53. The van der Waals surface area contributed by atoms with Gasteiger partial charge in [-0.1, -0.05) is 0 Å². The van der Waals surface area contributed by atoms with E-state index in [1.165, 1.54) is 0 Å². The molecule has 16 heavy (non-hydrogen) atoms. The van der Waals surface area contributed by atoms with E-state index >= 15 is 0 Å². The van der Waals surface area contributed by atoms with Crippen molar-refractivity contribution in [2.45, 2.75) is 12.7 Å². The van der Waals surface area contributed by atoms with Crippen molar-refractivity contribution in [1.82, 2.24) is 10.2 Å². The monoisotopic (exact) mass is 227 g/mol. The molecule has 1 rings (SSSR count). The molecule has 0 aliphatic heterocycles. The number of aliphatic hydroxyl groups is 2. The number of aliphatic hydroxyl groups excluding tert-OH is 2. The van der Waals surface area contributed by atoms with Crippen LogP contribution in [0.4, 0.5) is 5.82 Å². The third-order valence-electron chi connectivity index (χ3n) is 2.10. The highest BCUT2D eigenvalue weighted by Gasteiger charge is 2.09. The van der Waals surface area contributed by atoms with Crippen LogP contribution in [0.25, 0.3) is 0 Å². The van der Waals surface area contributed by atoms with E-state index in [1.54, 1.807) is 24.1 Å². The minimum atomic E-state index is -0.561. The van der Waals surface area contributed by atoms with Gasteiger partial charge in [0, 0.05) is 20.7 Å². The molecule has 0 fully saturated rings. The van der Waals surface area contributed by atoms with Crippen LogP contribution in [0.1, 0.15) is 5.69 Å². The van der Waals surface area contributed by atoms with E-state index in [0.29, 0.717) is 18.1 Å². The van der Waals surface area contributed by atoms with Crippen molar-refractivity contribution in [2.75, 3.05) is 32.2 Å². The maximum absolute atomic E-state index is 9.53. The van der Waals surface area contributed by atoms with Crippen LogP contribution in [0.5, 0.6) is 0 Å². The molecule has 6 heteroatoms. The van der Waals surface area contributed by atoms with Crippen molar-refractivity contribution in [3.63, 3.8) is 0 Å². The summed E-state index contributed by atoms with van der Waals surface area (Å²) in [7, 11) is 3.35. The highest BCUT2D eigenvalue weighted by atomic mass is 16.5. The molecule has 1 heterocycles. The van der Waals surface area contributed by atoms with Crippen molar-refractivity contribution < 1.29 is 14.9 Å². The molecule has 0 aliphatic rings. The van der Waals surface area contributed by atoms with Gasteiger partial charge in [-0.15, -0.1) is 5.10 Å². The van der Waals surface area contributed by atoms with E-state index in [1.807, 2.05) is 7.05 Å². The molecule has 1 aromatic heterocycles. The number of aromatic nitrogens is 2. The Morgan fingerprint density at radius 3 is 2.69 bits per heavy atom. The van der Waals surface area contributed by atoms with Gasteiger partial charge in [0.2, 0.25) is 0 Å². The van der Waals surface area contributed by atoms with Crippen LogP contribution in [0.2, 0.25) is 0 Å². The Hall–Kier alpha value is -1.24. The Kier molecular flexibility index (Phi) is 5.10. The fourth-order valence-corrected chi connectivity index (χ4v) is 1.30. The quantitative estimate of drug-likeness (QED) is 0.676. The molecule has 0 radical (unpaired) electrons. The van der Waals surface area contributed by atoms with Gasteiger partial charge in [0.25, 0.3) is 0 Å². The van der Waals surface area contributed by atoms with Gasteiger partial charge in [0.15, 0.2) is 5.82 Å². The lowest BCUT2D eigenvalue weighted by atomic mass is 10.3. The van der Waals surface area contributed by atoms with Crippen molar-refractivity contribution in [2.24, 2.45) is 0 Å². The molecule has 1 aromatic rings. The lowest BCUT2D eigenvalue weighted by Crippen LogP contribution is -2.32. The standard InChI is InChI=1S/C10H17N3O3/c1-13(5-9(15)7-16-2)10-4-3-8(6-14)11-12-10/h3-4,9,14-15H,5-7H2,1-2H3. The molecule has 0 bridgehead atoms. The molecule has 6 nitrogen and oxygen atoms in total. The predicted molar refractivity (Wildman–Crippen MR) is 59.1 cm³/mol. The number of ether oxygens (including phenoxy) is 1. The van der Waals surface area contributed by atoms with Crippen LogP contribution in [0.3, 0.4) is 0 Å². The summed E-state index contributed by atoms with van der Waals surface area (Å²) >= 11 is 0. The van der Waals surface area contributed by atoms with E-state index in [9.17, 15) is 5.11 Å². The molecule has 90 valence electrons. The summed E-state index contributed by atoms with van der Waals surface area (Å²) in [5.41, 5.74) is 0.523. The minimum absolute atomic E-state index is 0.122. The van der Waals surface area contributed by atoms with E-state index in [0.717, 1.165) is 0 Å². The minimum Gasteiger partial charge on any atom is -0.390 e. The van der Waals surface area contributed by atoms with Gasteiger partial charge in [0.05, 0.1) is 25.0 Å². The Labute approximate surface area is 94.5 Å². The van der Waals surface area contributed by atoms with Crippen molar-refractivity contribution >= 4 is 5.82 Å². The molecular formula is C10H17N3O3. The SMILES string of the molecule is COCC(O)CN(C)c1ccc(CO)nn1. The first kappa shape index (κ1) is 12.8. The highest BCUT2D eigenvalue weighted by molar-refractivity contribution is 5.36. The second-order valence-corrected chi connectivity index (χ2v) is 3.53. The molecule has 0 spiro atoms. The second kappa shape index (κ2) is 6.37. The Morgan fingerprint density at radius 1 is 1.44 bits per heavy atom. The van der Waals surface area contributed by atoms with E-state index in [2.05, 4.69) is 10.2 Å². The number of anilines is 1. The summed E-state index contributed by atoms with van der Waals surface area (Å²) in [5, 5.41) is 26.1. The van der Waals surface area contributed by atoms with E-state index in [4.69, 9.17) is 9.84 Å². The zero-order valence-corrected chi connectivity index (χ0v) is 9.50. The van der Waals surface area contributed by atoms with Gasteiger partial charge in [-0.25, -0.2) is 0 Å². The van der Waals surface area contributed by atoms with Crippen LogP contribution >= 0.6 is 0 Å². The number of methoxy groups -OCH3 is 1. The summed E-state index contributed by atoms with van der Waals surface area (Å²) in [6, 6.07) is 3.44. The van der Waals surface area contributed by atoms with E-state index < -0.39 is 6.10 Å². The van der Waals surface area contributed by atoms with E-state index in [-0.39, 0.29) is 13.2 Å². The predicted octanol–water partition coefficient (Wildman–Crippen LogP) is -0.588. The fraction of sp³-hybridized carbons (Fsp3) is 0.600. The molecule has 0 saturated carbocycles. The van der Waals surface area contributed by atoms with Crippen LogP contribution in [0, 0.1) is 0 Å². The summed E-state index contributed by atoms with van der Waals surface area (Å²) < 4.78 is 4.83. The molecular weight excluding hydrogens is 210 g/mol. The van der Waals surface area contributed by atoms with Crippen LogP contribution in [0.15, 0.2) is 12.1 Å². The first-order chi connectivity index (χ1) is 7.67. The van der Waals surface area contributed by atoms with Crippen LogP contribution < -0.4 is 4.90 Å². The van der Waals surface area contributed by atoms with Crippen molar-refractivity contribution in [3.05, 3.63) is 17.8 Å². The third kappa shape index (κ3) is 3.73. The van der Waals surface area contributed by atoms with Gasteiger partial charge in [-0.2, -0.15) is 5.10 Å². The molecule has 0 aliphatic carbocycles. The third-order valence-corrected chi connectivity index (χ3v) is 2.10. The smallest absolute Gasteiger partial charge is 0.151 e. The fourth-order valence-electron chi connectivity index (χ4n) is 1.30. The van der Waals surface area contributed by atoms with Crippen LogP contribution in [-0.2, 0) is 11.3 Å². The van der Waals surface area contributed by atoms with Gasteiger partial charge >= 0.3 is 0 Å². The van der Waals surface area contributed by atoms with Crippen molar-refractivity contribution in [3.8, 4) is 0 Å². The molecule has 1 unspecified atom stereocenters. The van der Waals surface area contributed by atoms with Gasteiger partial charge in [-0.3, -0.25) is 0 Å². The molecule has 0 amide bonds. The number of hydrogen-bond acceptors (Lipinski definition) is 6. The van der Waals surface area contributed by atoms with Crippen molar-refractivity contribution in [1.29, 1.82) is 0 Å². The number of hydrogen-bond donors (Lipinski definition) is 2. The Bertz CT molecular complexity index is 305. The second-order valence-electron chi connectivity index (χ2n) is 3.53. The van der Waals surface area contributed by atoms with Gasteiger partial charge in [-0.05, 0) is 12.1 Å². The molecule has 0 aromatic carbocycles. The molecule has 1 atom stereocenters. The number of likely N-dealkylation sites (N-methyl/N-ethyl adjacent to an activating group) is 1. The lowest BCUT2D eigenvalue weighted by molar-refractivity contribution is 0.0694. The zero-order chi connectivity index (χ0) is 12.0. The summed E-state index contributed by atoms with van der Waals surface area (Å²) in [6.07, 6.45) is -0.561. The maximum Gasteiger partial charge on any atom is 0.151 e. The largest absolute Gasteiger partial charge is 0.390 e. The highest BCUT2D eigenvalue weighted by Crippen LogP contribution is 2.07. The topological polar surface area (TPSA) is 78.7 Å². The van der Waals surface area contributed by atoms with Gasteiger partial charge < -0.3 is 19.8 Å². The number of rotatable bonds is 6. The molecule has 0 saturated heterocycles. The zero-order valence-electron chi connectivity index (χ0n) is 9.50. The Balaban J connectivity index is 2.55. The van der Waals surface area contributed by atoms with Gasteiger partial charge in [0.1, 0.15) is 0 Å². The number of nitrogens with zero attached hydrogens (tertiary/aromatic N) is 3. The first-order valence-electron chi connectivity index (χ1n) is 4.99. The lowest BCUT2D eigenvalue weighted by Gasteiger charge is -2.20. The summed E-state index contributed by atoms with van der Waals surface area (Å²) in [6.45, 7) is 0.580.